The number of rotatable bonds is 3. The molecule has 0 amide bonds. The number of nitrogens with one attached hydrogen (secondary N) is 1. The Morgan fingerprint density at radius 1 is 1.29 bits per heavy atom. The zero-order valence-corrected chi connectivity index (χ0v) is 9.79. The Bertz CT molecular complexity index is 620. The van der Waals surface area contributed by atoms with Crippen molar-refractivity contribution >= 4 is 10.0 Å². The second-order valence-corrected chi connectivity index (χ2v) is 5.19. The van der Waals surface area contributed by atoms with Gasteiger partial charge in [0.05, 0.1) is 6.26 Å². The fourth-order valence-electron chi connectivity index (χ4n) is 1.42. The summed E-state index contributed by atoms with van der Waals surface area (Å²) in [7, 11) is -2.58. The number of sulfonamides is 1. The van der Waals surface area contributed by atoms with Crippen LogP contribution in [0.1, 0.15) is 0 Å². The summed E-state index contributed by atoms with van der Waals surface area (Å²) in [5, 5.41) is 0. The molecule has 4 nitrogen and oxygen atoms in total. The Kier molecular flexibility index (Phi) is 2.99. The minimum atomic E-state index is -3.81. The zero-order chi connectivity index (χ0) is 12.5. The van der Waals surface area contributed by atoms with Crippen LogP contribution >= 0.6 is 0 Å². The largest absolute Gasteiger partial charge is 0.464 e. The second-order valence-electron chi connectivity index (χ2n) is 3.33. The third-order valence-corrected chi connectivity index (χ3v) is 3.72. The van der Waals surface area contributed by atoms with Crippen molar-refractivity contribution in [3.8, 4) is 11.3 Å². The van der Waals surface area contributed by atoms with E-state index in [4.69, 9.17) is 4.42 Å². The Morgan fingerprint density at radius 2 is 2.06 bits per heavy atom. The summed E-state index contributed by atoms with van der Waals surface area (Å²) in [4.78, 5) is -0.395. The maximum absolute atomic E-state index is 13.4. The van der Waals surface area contributed by atoms with E-state index >= 15 is 0 Å². The van der Waals surface area contributed by atoms with Gasteiger partial charge in [0.15, 0.2) is 0 Å². The standard InChI is InChI=1S/C11H10FNO3S/c1-13-17(14,15)11-7-8(4-5-9(11)12)10-3-2-6-16-10/h2-7,13H,1H3. The summed E-state index contributed by atoms with van der Waals surface area (Å²) in [6.45, 7) is 0. The highest BCUT2D eigenvalue weighted by molar-refractivity contribution is 7.89. The van der Waals surface area contributed by atoms with Crippen molar-refractivity contribution in [2.45, 2.75) is 4.90 Å². The number of hydrogen-bond acceptors (Lipinski definition) is 3. The molecule has 0 atom stereocenters. The molecule has 1 N–H and O–H groups in total. The molecule has 0 unspecified atom stereocenters. The first-order valence-electron chi connectivity index (χ1n) is 4.81. The lowest BCUT2D eigenvalue weighted by molar-refractivity contribution is 0.560. The fourth-order valence-corrected chi connectivity index (χ4v) is 2.24. The Morgan fingerprint density at radius 3 is 2.65 bits per heavy atom. The highest BCUT2D eigenvalue weighted by Crippen LogP contribution is 2.24. The molecule has 0 aliphatic rings. The molecule has 1 heterocycles. The molecule has 6 heteroatoms. The normalized spacial score (nSPS) is 11.6. The van der Waals surface area contributed by atoms with Crippen molar-refractivity contribution in [2.75, 3.05) is 7.05 Å². The van der Waals surface area contributed by atoms with E-state index in [9.17, 15) is 12.8 Å². The van der Waals surface area contributed by atoms with Crippen molar-refractivity contribution in [3.05, 3.63) is 42.4 Å². The third kappa shape index (κ3) is 2.22. The lowest BCUT2D eigenvalue weighted by Crippen LogP contribution is -2.19. The van der Waals surface area contributed by atoms with Crippen LogP contribution in [0.4, 0.5) is 4.39 Å². The summed E-state index contributed by atoms with van der Waals surface area (Å²) in [6.07, 6.45) is 1.46. The van der Waals surface area contributed by atoms with Crippen LogP contribution in [-0.2, 0) is 10.0 Å². The Balaban J connectivity index is 2.59. The molecule has 2 rings (SSSR count). The first-order valence-corrected chi connectivity index (χ1v) is 6.30. The molecular formula is C11H10FNO3S. The van der Waals surface area contributed by atoms with E-state index in [2.05, 4.69) is 4.72 Å². The van der Waals surface area contributed by atoms with Gasteiger partial charge >= 0.3 is 0 Å². The van der Waals surface area contributed by atoms with Gasteiger partial charge in [-0.05, 0) is 37.4 Å². The van der Waals surface area contributed by atoms with Gasteiger partial charge in [-0.15, -0.1) is 0 Å². The average molecular weight is 255 g/mol. The van der Waals surface area contributed by atoms with Crippen LogP contribution in [0.3, 0.4) is 0 Å². The van der Waals surface area contributed by atoms with Crippen LogP contribution in [-0.4, -0.2) is 15.5 Å². The van der Waals surface area contributed by atoms with E-state index in [0.717, 1.165) is 6.07 Å². The van der Waals surface area contributed by atoms with Crippen LogP contribution in [0.2, 0.25) is 0 Å². The molecule has 2 aromatic rings. The summed E-state index contributed by atoms with van der Waals surface area (Å²) in [6, 6.07) is 7.14. The summed E-state index contributed by atoms with van der Waals surface area (Å²) < 4.78 is 43.8. The monoisotopic (exact) mass is 255 g/mol. The fraction of sp³-hybridized carbons (Fsp3) is 0.0909. The second kappa shape index (κ2) is 4.31. The van der Waals surface area contributed by atoms with Crippen molar-refractivity contribution in [3.63, 3.8) is 0 Å². The highest BCUT2D eigenvalue weighted by Gasteiger charge is 2.18. The third-order valence-electron chi connectivity index (χ3n) is 2.30. The number of furan rings is 1. The van der Waals surface area contributed by atoms with Crippen LogP contribution < -0.4 is 4.72 Å². The van der Waals surface area contributed by atoms with E-state index in [1.807, 2.05) is 0 Å². The molecule has 1 aromatic heterocycles. The van der Waals surface area contributed by atoms with Gasteiger partial charge in [0.1, 0.15) is 16.5 Å². The van der Waals surface area contributed by atoms with Crippen LogP contribution in [0.15, 0.2) is 45.9 Å². The van der Waals surface area contributed by atoms with Crippen molar-refractivity contribution < 1.29 is 17.2 Å². The predicted octanol–water partition coefficient (Wildman–Crippen LogP) is 1.99. The van der Waals surface area contributed by atoms with Gasteiger partial charge in [0.25, 0.3) is 0 Å². The maximum Gasteiger partial charge on any atom is 0.243 e. The Hall–Kier alpha value is -1.66. The predicted molar refractivity (Wildman–Crippen MR) is 60.3 cm³/mol. The van der Waals surface area contributed by atoms with E-state index < -0.39 is 20.7 Å². The number of benzene rings is 1. The minimum Gasteiger partial charge on any atom is -0.464 e. The summed E-state index contributed by atoms with van der Waals surface area (Å²) >= 11 is 0. The van der Waals surface area contributed by atoms with E-state index in [0.29, 0.717) is 11.3 Å². The highest BCUT2D eigenvalue weighted by atomic mass is 32.2. The van der Waals surface area contributed by atoms with E-state index in [1.165, 1.54) is 25.4 Å². The maximum atomic E-state index is 13.4. The lowest BCUT2D eigenvalue weighted by atomic mass is 10.2. The van der Waals surface area contributed by atoms with Gasteiger partial charge in [-0.3, -0.25) is 0 Å². The molecule has 0 fully saturated rings. The SMILES string of the molecule is CNS(=O)(=O)c1cc(-c2ccco2)ccc1F. The van der Waals surface area contributed by atoms with Crippen molar-refractivity contribution in [1.82, 2.24) is 4.72 Å². The van der Waals surface area contributed by atoms with Gasteiger partial charge in [0.2, 0.25) is 10.0 Å². The van der Waals surface area contributed by atoms with E-state index in [-0.39, 0.29) is 0 Å². The van der Waals surface area contributed by atoms with Crippen molar-refractivity contribution in [2.24, 2.45) is 0 Å². The van der Waals surface area contributed by atoms with Gasteiger partial charge in [-0.2, -0.15) is 0 Å². The topological polar surface area (TPSA) is 59.3 Å². The molecule has 0 bridgehead atoms. The molecule has 0 spiro atoms. The van der Waals surface area contributed by atoms with Gasteiger partial charge in [-0.25, -0.2) is 17.5 Å². The van der Waals surface area contributed by atoms with Crippen molar-refractivity contribution in [1.29, 1.82) is 0 Å². The number of hydrogen-bond donors (Lipinski definition) is 1. The summed E-state index contributed by atoms with van der Waals surface area (Å²) in [5.74, 6) is -0.313. The smallest absolute Gasteiger partial charge is 0.243 e. The quantitative estimate of drug-likeness (QED) is 0.912. The molecule has 0 aliphatic heterocycles. The van der Waals surface area contributed by atoms with Crippen LogP contribution in [0.5, 0.6) is 0 Å². The Labute approximate surface area is 98.1 Å². The lowest BCUT2D eigenvalue weighted by Gasteiger charge is -2.05. The molecule has 90 valence electrons. The molecular weight excluding hydrogens is 245 g/mol. The molecule has 17 heavy (non-hydrogen) atoms. The minimum absolute atomic E-state index is 0.395. The van der Waals surface area contributed by atoms with Crippen LogP contribution in [0.25, 0.3) is 11.3 Å². The first kappa shape index (κ1) is 11.8. The molecule has 0 radical (unpaired) electrons. The first-order chi connectivity index (χ1) is 8.04. The van der Waals surface area contributed by atoms with Crippen LogP contribution in [0, 0.1) is 5.82 Å². The number of halogens is 1. The van der Waals surface area contributed by atoms with Gasteiger partial charge < -0.3 is 4.42 Å². The zero-order valence-electron chi connectivity index (χ0n) is 8.98. The molecule has 0 saturated heterocycles. The summed E-state index contributed by atoms with van der Waals surface area (Å²) in [5.41, 5.74) is 0.505. The van der Waals surface area contributed by atoms with Gasteiger partial charge in [-0.1, -0.05) is 0 Å². The molecule has 1 aromatic carbocycles. The average Bonchev–Trinajstić information content (AvgIpc) is 2.83. The van der Waals surface area contributed by atoms with Gasteiger partial charge in [0, 0.05) is 5.56 Å². The molecule has 0 aliphatic carbocycles. The molecule has 0 saturated carbocycles. The van der Waals surface area contributed by atoms with E-state index in [1.54, 1.807) is 12.1 Å².